The van der Waals surface area contributed by atoms with Gasteiger partial charge in [-0.3, -0.25) is 0 Å². The standard InChI is InChI=1S/C23H28N2O2/c1-2-26-17-10-18-27-16-9-15-25-19-24-22(20-11-5-3-6-12-20)23(25)21-13-7-4-8-14-21/h3-8,11-14,19H,2,9-10,15-18H2,1H3. The van der Waals surface area contributed by atoms with E-state index in [1.807, 2.05) is 25.4 Å². The van der Waals surface area contributed by atoms with Crippen LogP contribution in [0.3, 0.4) is 0 Å². The Morgan fingerprint density at radius 3 is 2.11 bits per heavy atom. The number of nitrogens with zero attached hydrogens (tertiary/aromatic N) is 2. The molecule has 0 amide bonds. The molecule has 1 aromatic heterocycles. The smallest absolute Gasteiger partial charge is 0.0963 e. The van der Waals surface area contributed by atoms with Gasteiger partial charge in [0.1, 0.15) is 0 Å². The topological polar surface area (TPSA) is 36.3 Å². The summed E-state index contributed by atoms with van der Waals surface area (Å²) in [6.07, 6.45) is 3.85. The number of hydrogen-bond donors (Lipinski definition) is 0. The number of hydrogen-bond acceptors (Lipinski definition) is 3. The molecule has 0 saturated carbocycles. The second-order valence-corrected chi connectivity index (χ2v) is 6.38. The largest absolute Gasteiger partial charge is 0.382 e. The summed E-state index contributed by atoms with van der Waals surface area (Å²) in [4.78, 5) is 4.72. The summed E-state index contributed by atoms with van der Waals surface area (Å²) >= 11 is 0. The SMILES string of the molecule is CCOCCCOCCCn1cnc(-c2ccccc2)c1-c1ccccc1. The van der Waals surface area contributed by atoms with E-state index in [1.54, 1.807) is 0 Å². The van der Waals surface area contributed by atoms with Crippen LogP contribution in [0.15, 0.2) is 67.0 Å². The van der Waals surface area contributed by atoms with Crippen LogP contribution >= 0.6 is 0 Å². The molecule has 0 radical (unpaired) electrons. The first-order valence-electron chi connectivity index (χ1n) is 9.71. The Bertz CT molecular complexity index is 785. The Morgan fingerprint density at radius 1 is 0.778 bits per heavy atom. The van der Waals surface area contributed by atoms with Gasteiger partial charge in [0.25, 0.3) is 0 Å². The monoisotopic (exact) mass is 364 g/mol. The number of aryl methyl sites for hydroxylation is 1. The van der Waals surface area contributed by atoms with Gasteiger partial charge >= 0.3 is 0 Å². The van der Waals surface area contributed by atoms with E-state index in [2.05, 4.69) is 53.1 Å². The first-order valence-corrected chi connectivity index (χ1v) is 9.71. The minimum atomic E-state index is 0.749. The van der Waals surface area contributed by atoms with Gasteiger partial charge in [-0.25, -0.2) is 4.98 Å². The first-order chi connectivity index (χ1) is 13.4. The molecule has 0 bridgehead atoms. The first kappa shape index (κ1) is 19.3. The molecule has 4 heteroatoms. The van der Waals surface area contributed by atoms with E-state index >= 15 is 0 Å². The summed E-state index contributed by atoms with van der Waals surface area (Å²) in [5.74, 6) is 0. The fourth-order valence-electron chi connectivity index (χ4n) is 3.10. The highest BCUT2D eigenvalue weighted by atomic mass is 16.5. The van der Waals surface area contributed by atoms with Gasteiger partial charge in [0.2, 0.25) is 0 Å². The quantitative estimate of drug-likeness (QED) is 0.447. The average molecular weight is 364 g/mol. The van der Waals surface area contributed by atoms with Crippen molar-refractivity contribution in [3.8, 4) is 22.5 Å². The number of ether oxygens (including phenoxy) is 2. The summed E-state index contributed by atoms with van der Waals surface area (Å²) in [6.45, 7) is 5.95. The number of benzene rings is 2. The molecular weight excluding hydrogens is 336 g/mol. The van der Waals surface area contributed by atoms with Crippen molar-refractivity contribution in [1.82, 2.24) is 9.55 Å². The van der Waals surface area contributed by atoms with Crippen molar-refractivity contribution in [2.75, 3.05) is 26.4 Å². The number of aromatic nitrogens is 2. The highest BCUT2D eigenvalue weighted by Gasteiger charge is 2.14. The maximum Gasteiger partial charge on any atom is 0.0963 e. The Morgan fingerprint density at radius 2 is 1.41 bits per heavy atom. The van der Waals surface area contributed by atoms with E-state index in [0.29, 0.717) is 0 Å². The number of imidazole rings is 1. The van der Waals surface area contributed by atoms with Crippen LogP contribution in [-0.4, -0.2) is 36.0 Å². The van der Waals surface area contributed by atoms with Crippen LogP contribution in [0.1, 0.15) is 19.8 Å². The van der Waals surface area contributed by atoms with E-state index in [9.17, 15) is 0 Å². The highest BCUT2D eigenvalue weighted by molar-refractivity contribution is 5.78. The van der Waals surface area contributed by atoms with Crippen LogP contribution in [0, 0.1) is 0 Å². The zero-order valence-corrected chi connectivity index (χ0v) is 16.0. The minimum Gasteiger partial charge on any atom is -0.382 e. The molecular formula is C23H28N2O2. The van der Waals surface area contributed by atoms with Gasteiger partial charge < -0.3 is 14.0 Å². The molecule has 1 heterocycles. The molecule has 0 fully saturated rings. The maximum atomic E-state index is 5.73. The summed E-state index contributed by atoms with van der Waals surface area (Å²) in [7, 11) is 0. The van der Waals surface area contributed by atoms with Crippen molar-refractivity contribution in [3.05, 3.63) is 67.0 Å². The van der Waals surface area contributed by atoms with E-state index in [0.717, 1.165) is 62.8 Å². The molecule has 0 aliphatic rings. The van der Waals surface area contributed by atoms with E-state index in [-0.39, 0.29) is 0 Å². The molecule has 3 aromatic rings. The molecule has 2 aromatic carbocycles. The molecule has 27 heavy (non-hydrogen) atoms. The van der Waals surface area contributed by atoms with Crippen molar-refractivity contribution in [1.29, 1.82) is 0 Å². The average Bonchev–Trinajstić information content (AvgIpc) is 3.15. The molecule has 0 unspecified atom stereocenters. The lowest BCUT2D eigenvalue weighted by Gasteiger charge is -2.11. The molecule has 0 N–H and O–H groups in total. The van der Waals surface area contributed by atoms with Crippen molar-refractivity contribution in [2.45, 2.75) is 26.3 Å². The minimum absolute atomic E-state index is 0.749. The lowest BCUT2D eigenvalue weighted by molar-refractivity contribution is 0.0856. The van der Waals surface area contributed by atoms with Gasteiger partial charge in [-0.05, 0) is 19.8 Å². The summed E-state index contributed by atoms with van der Waals surface area (Å²) < 4.78 is 13.3. The third-order valence-electron chi connectivity index (χ3n) is 4.40. The van der Waals surface area contributed by atoms with E-state index < -0.39 is 0 Å². The number of rotatable bonds is 11. The third-order valence-corrected chi connectivity index (χ3v) is 4.40. The summed E-state index contributed by atoms with van der Waals surface area (Å²) in [5.41, 5.74) is 4.52. The van der Waals surface area contributed by atoms with Gasteiger partial charge in [-0.1, -0.05) is 60.7 Å². The van der Waals surface area contributed by atoms with E-state index in [4.69, 9.17) is 14.5 Å². The maximum absolute atomic E-state index is 5.73. The molecule has 0 spiro atoms. The second kappa shape index (κ2) is 10.7. The molecule has 142 valence electrons. The molecule has 0 saturated heterocycles. The van der Waals surface area contributed by atoms with Gasteiger partial charge in [-0.2, -0.15) is 0 Å². The van der Waals surface area contributed by atoms with Crippen molar-refractivity contribution in [3.63, 3.8) is 0 Å². The lowest BCUT2D eigenvalue weighted by Crippen LogP contribution is -2.06. The van der Waals surface area contributed by atoms with E-state index in [1.165, 1.54) is 5.56 Å². The van der Waals surface area contributed by atoms with Crippen LogP contribution in [0.25, 0.3) is 22.5 Å². The van der Waals surface area contributed by atoms with Crippen molar-refractivity contribution < 1.29 is 9.47 Å². The summed E-state index contributed by atoms with van der Waals surface area (Å²) in [5, 5.41) is 0. The third kappa shape index (κ3) is 5.52. The van der Waals surface area contributed by atoms with Gasteiger partial charge in [0.15, 0.2) is 0 Å². The Hall–Kier alpha value is -2.43. The molecule has 0 aliphatic carbocycles. The van der Waals surface area contributed by atoms with Gasteiger partial charge in [0.05, 0.1) is 17.7 Å². The van der Waals surface area contributed by atoms with Crippen LogP contribution in [0.4, 0.5) is 0 Å². The zero-order chi connectivity index (χ0) is 18.7. The van der Waals surface area contributed by atoms with Crippen LogP contribution in [-0.2, 0) is 16.0 Å². The second-order valence-electron chi connectivity index (χ2n) is 6.38. The van der Waals surface area contributed by atoms with Crippen LogP contribution < -0.4 is 0 Å². The van der Waals surface area contributed by atoms with Crippen LogP contribution in [0.5, 0.6) is 0 Å². The van der Waals surface area contributed by atoms with Crippen LogP contribution in [0.2, 0.25) is 0 Å². The molecule has 0 atom stereocenters. The predicted molar refractivity (Wildman–Crippen MR) is 110 cm³/mol. The molecule has 0 aliphatic heterocycles. The fourth-order valence-corrected chi connectivity index (χ4v) is 3.10. The fraction of sp³-hybridized carbons (Fsp3) is 0.348. The van der Waals surface area contributed by atoms with Gasteiger partial charge in [0, 0.05) is 44.1 Å². The lowest BCUT2D eigenvalue weighted by atomic mass is 10.0. The van der Waals surface area contributed by atoms with Crippen molar-refractivity contribution in [2.24, 2.45) is 0 Å². The summed E-state index contributed by atoms with van der Waals surface area (Å²) in [6, 6.07) is 20.8. The van der Waals surface area contributed by atoms with Gasteiger partial charge in [-0.15, -0.1) is 0 Å². The normalized spacial score (nSPS) is 11.0. The Balaban J connectivity index is 1.66. The molecule has 3 rings (SSSR count). The highest BCUT2D eigenvalue weighted by Crippen LogP contribution is 2.31. The Kier molecular flexibility index (Phi) is 7.63. The zero-order valence-electron chi connectivity index (χ0n) is 16.0. The molecule has 4 nitrogen and oxygen atoms in total. The Labute approximate surface area is 161 Å². The predicted octanol–water partition coefficient (Wildman–Crippen LogP) is 5.05. The van der Waals surface area contributed by atoms with Crippen molar-refractivity contribution >= 4 is 0 Å².